The lowest BCUT2D eigenvalue weighted by Gasteiger charge is -2.32. The molecular weight excluding hydrogens is 475 g/mol. The topological polar surface area (TPSA) is 41.6 Å². The highest BCUT2D eigenvalue weighted by Crippen LogP contribution is 2.25. The molecule has 2 aliphatic rings. The fourth-order valence-corrected chi connectivity index (χ4v) is 5.16. The lowest BCUT2D eigenvalue weighted by atomic mass is 9.89. The molecule has 0 saturated carbocycles. The number of halogens is 1. The number of hydrogen-bond acceptors (Lipinski definition) is 4. The van der Waals surface area contributed by atoms with E-state index in [0.29, 0.717) is 25.3 Å². The standard InChI is InChI=1S/C25H32N2O.C7H8O.CH3F/c28-25(24-8-7-22-10-14-26-15-11-23(22)18-24)9-6-20-12-16-27(17-13-20)19-21-4-2-1-3-5-21;1-8-7-5-3-2-4-6-7;1-2/h1-5,7-8,18,20,26H,6,9-17,19H2;2-6H,1H3;1H3. The molecule has 0 aliphatic carbocycles. The number of ketones is 1. The van der Waals surface area contributed by atoms with Crippen molar-refractivity contribution in [2.75, 3.05) is 40.5 Å². The van der Waals surface area contributed by atoms with Crippen molar-refractivity contribution in [2.24, 2.45) is 5.92 Å². The van der Waals surface area contributed by atoms with Gasteiger partial charge >= 0.3 is 0 Å². The van der Waals surface area contributed by atoms with Crippen molar-refractivity contribution in [3.8, 4) is 5.75 Å². The highest BCUT2D eigenvalue weighted by atomic mass is 19.1. The largest absolute Gasteiger partial charge is 0.497 e. The van der Waals surface area contributed by atoms with Gasteiger partial charge in [0.25, 0.3) is 0 Å². The zero-order valence-corrected chi connectivity index (χ0v) is 23.0. The van der Waals surface area contributed by atoms with Crippen molar-refractivity contribution >= 4 is 5.78 Å². The van der Waals surface area contributed by atoms with Gasteiger partial charge in [-0.25, -0.2) is 0 Å². The van der Waals surface area contributed by atoms with E-state index in [1.807, 2.05) is 30.3 Å². The van der Waals surface area contributed by atoms with E-state index in [0.717, 1.165) is 63.3 Å². The van der Waals surface area contributed by atoms with Gasteiger partial charge in [0.15, 0.2) is 5.78 Å². The van der Waals surface area contributed by atoms with E-state index >= 15 is 0 Å². The number of ether oxygens (including phenoxy) is 1. The average molecular weight is 519 g/mol. The van der Waals surface area contributed by atoms with E-state index < -0.39 is 0 Å². The van der Waals surface area contributed by atoms with Crippen LogP contribution in [0, 0.1) is 5.92 Å². The number of Topliss-reactive ketones (excluding diaryl/α,β-unsaturated/α-hetero) is 1. The molecule has 0 aromatic heterocycles. The molecule has 3 aromatic rings. The van der Waals surface area contributed by atoms with Crippen molar-refractivity contribution in [1.82, 2.24) is 10.2 Å². The van der Waals surface area contributed by atoms with Crippen LogP contribution in [0.15, 0.2) is 78.9 Å². The number of nitrogens with one attached hydrogen (secondary N) is 1. The van der Waals surface area contributed by atoms with Gasteiger partial charge in [-0.2, -0.15) is 0 Å². The van der Waals surface area contributed by atoms with Gasteiger partial charge in [0.2, 0.25) is 0 Å². The van der Waals surface area contributed by atoms with Crippen LogP contribution in [0.5, 0.6) is 5.75 Å². The molecule has 38 heavy (non-hydrogen) atoms. The first-order chi connectivity index (χ1) is 18.7. The molecule has 0 bridgehead atoms. The summed E-state index contributed by atoms with van der Waals surface area (Å²) < 4.78 is 14.4. The number of para-hydroxylation sites is 1. The number of carbonyl (C=O) groups is 1. The summed E-state index contributed by atoms with van der Waals surface area (Å²) in [5, 5.41) is 3.44. The Hall–Kier alpha value is -3.02. The Morgan fingerprint density at radius 3 is 2.16 bits per heavy atom. The van der Waals surface area contributed by atoms with Crippen molar-refractivity contribution in [3.63, 3.8) is 0 Å². The zero-order chi connectivity index (χ0) is 27.0. The molecule has 1 saturated heterocycles. The number of alkyl halides is 1. The molecule has 0 spiro atoms. The predicted molar refractivity (Wildman–Crippen MR) is 155 cm³/mol. The number of likely N-dealkylation sites (tertiary alicyclic amines) is 1. The Labute approximate surface area is 228 Å². The summed E-state index contributed by atoms with van der Waals surface area (Å²) in [6.45, 7) is 5.42. The van der Waals surface area contributed by atoms with Gasteiger partial charge in [0, 0.05) is 18.5 Å². The van der Waals surface area contributed by atoms with Crippen LogP contribution in [0.4, 0.5) is 4.39 Å². The first-order valence-electron chi connectivity index (χ1n) is 13.8. The minimum absolute atomic E-state index is 0.326. The number of rotatable bonds is 7. The number of benzene rings is 3. The third kappa shape index (κ3) is 9.70. The maximum absolute atomic E-state index is 12.7. The molecule has 5 rings (SSSR count). The van der Waals surface area contributed by atoms with E-state index in [4.69, 9.17) is 4.74 Å². The molecule has 3 aromatic carbocycles. The van der Waals surface area contributed by atoms with E-state index in [1.54, 1.807) is 7.11 Å². The minimum Gasteiger partial charge on any atom is -0.497 e. The Kier molecular flexibility index (Phi) is 13.0. The highest BCUT2D eigenvalue weighted by Gasteiger charge is 2.20. The number of piperidine rings is 1. The summed E-state index contributed by atoms with van der Waals surface area (Å²) in [6.07, 6.45) is 6.28. The van der Waals surface area contributed by atoms with Gasteiger partial charge in [-0.05, 0) is 99.1 Å². The monoisotopic (exact) mass is 518 g/mol. The number of fused-ring (bicyclic) bond motifs is 1. The number of hydrogen-bond donors (Lipinski definition) is 1. The normalized spacial score (nSPS) is 15.6. The molecular formula is C33H43FN2O2. The Bertz CT molecular complexity index is 1070. The predicted octanol–water partition coefficient (Wildman–Crippen LogP) is 6.53. The van der Waals surface area contributed by atoms with Crippen molar-refractivity contribution in [3.05, 3.63) is 101 Å². The van der Waals surface area contributed by atoms with Gasteiger partial charge in [-0.15, -0.1) is 0 Å². The molecule has 5 heteroatoms. The fraction of sp³-hybridized carbons (Fsp3) is 0.424. The Morgan fingerprint density at radius 2 is 1.53 bits per heavy atom. The van der Waals surface area contributed by atoms with Crippen LogP contribution in [0.25, 0.3) is 0 Å². The molecule has 0 amide bonds. The number of methoxy groups -OCH3 is 1. The van der Waals surface area contributed by atoms with Gasteiger partial charge in [-0.1, -0.05) is 60.7 Å². The number of carbonyl (C=O) groups excluding carboxylic acids is 1. The molecule has 0 radical (unpaired) electrons. The summed E-state index contributed by atoms with van der Waals surface area (Å²) in [4.78, 5) is 15.3. The Morgan fingerprint density at radius 1 is 0.895 bits per heavy atom. The highest BCUT2D eigenvalue weighted by molar-refractivity contribution is 5.96. The minimum atomic E-state index is 0.326. The van der Waals surface area contributed by atoms with E-state index in [1.165, 1.54) is 29.5 Å². The second-order valence-corrected chi connectivity index (χ2v) is 9.92. The molecule has 1 N–H and O–H groups in total. The first kappa shape index (κ1) is 29.5. The zero-order valence-electron chi connectivity index (χ0n) is 23.0. The lowest BCUT2D eigenvalue weighted by Crippen LogP contribution is -2.33. The summed E-state index contributed by atoms with van der Waals surface area (Å²) in [6, 6.07) is 26.8. The van der Waals surface area contributed by atoms with Crippen molar-refractivity contribution < 1.29 is 13.9 Å². The van der Waals surface area contributed by atoms with Gasteiger partial charge in [0.05, 0.1) is 14.3 Å². The molecule has 1 fully saturated rings. The van der Waals surface area contributed by atoms with Gasteiger partial charge in [-0.3, -0.25) is 14.1 Å². The summed E-state index contributed by atoms with van der Waals surface area (Å²) in [7, 11) is 2.16. The van der Waals surface area contributed by atoms with Crippen molar-refractivity contribution in [1.29, 1.82) is 0 Å². The maximum atomic E-state index is 12.7. The fourth-order valence-electron chi connectivity index (χ4n) is 5.16. The summed E-state index contributed by atoms with van der Waals surface area (Å²) >= 11 is 0. The average Bonchev–Trinajstić information content (AvgIpc) is 3.24. The van der Waals surface area contributed by atoms with E-state index in [2.05, 4.69) is 58.7 Å². The SMILES string of the molecule is CF.COc1ccccc1.O=C(CCC1CCN(Cc2ccccc2)CC1)c1ccc2c(c1)CCNCC2. The molecule has 204 valence electrons. The summed E-state index contributed by atoms with van der Waals surface area (Å²) in [5.74, 6) is 1.93. The van der Waals surface area contributed by atoms with Crippen LogP contribution >= 0.6 is 0 Å². The smallest absolute Gasteiger partial charge is 0.162 e. The van der Waals surface area contributed by atoms with E-state index in [9.17, 15) is 9.18 Å². The molecule has 4 nitrogen and oxygen atoms in total. The van der Waals surface area contributed by atoms with Crippen LogP contribution in [-0.4, -0.2) is 51.1 Å². The molecule has 0 unspecified atom stereocenters. The first-order valence-corrected chi connectivity index (χ1v) is 13.8. The third-order valence-electron chi connectivity index (χ3n) is 7.39. The second-order valence-electron chi connectivity index (χ2n) is 9.92. The van der Waals surface area contributed by atoms with Crippen LogP contribution in [0.1, 0.15) is 52.7 Å². The lowest BCUT2D eigenvalue weighted by molar-refractivity contribution is 0.0961. The third-order valence-corrected chi connectivity index (χ3v) is 7.39. The quantitative estimate of drug-likeness (QED) is 0.361. The van der Waals surface area contributed by atoms with Crippen LogP contribution in [-0.2, 0) is 19.4 Å². The van der Waals surface area contributed by atoms with Crippen LogP contribution in [0.3, 0.4) is 0 Å². The van der Waals surface area contributed by atoms with Crippen LogP contribution in [0.2, 0.25) is 0 Å². The van der Waals surface area contributed by atoms with Crippen LogP contribution < -0.4 is 10.1 Å². The van der Waals surface area contributed by atoms with Gasteiger partial charge in [0.1, 0.15) is 5.75 Å². The van der Waals surface area contributed by atoms with E-state index in [-0.39, 0.29) is 0 Å². The summed E-state index contributed by atoms with van der Waals surface area (Å²) in [5.41, 5.74) is 5.09. The maximum Gasteiger partial charge on any atom is 0.162 e. The Balaban J connectivity index is 0.000000339. The molecule has 2 aliphatic heterocycles. The number of nitrogens with zero attached hydrogens (tertiary/aromatic N) is 1. The van der Waals surface area contributed by atoms with Gasteiger partial charge < -0.3 is 10.1 Å². The molecule has 2 heterocycles. The second kappa shape index (κ2) is 16.7. The molecule has 0 atom stereocenters. The van der Waals surface area contributed by atoms with Crippen molar-refractivity contribution in [2.45, 2.75) is 45.1 Å².